The van der Waals surface area contributed by atoms with E-state index in [0.717, 1.165) is 75.2 Å². The number of fused-ring (bicyclic) bond motifs is 3. The average Bonchev–Trinajstić information content (AvgIpc) is 1.76. The van der Waals surface area contributed by atoms with Crippen LogP contribution in [0, 0.1) is 5.82 Å². The van der Waals surface area contributed by atoms with Gasteiger partial charge in [0, 0.05) is 157 Å². The fraction of sp³-hybridized carbons (Fsp3) is 0.264. The van der Waals surface area contributed by atoms with Crippen molar-refractivity contribution in [2.45, 2.75) is 66.5 Å². The van der Waals surface area contributed by atoms with Crippen LogP contribution in [0.4, 0.5) is 43.2 Å². The van der Waals surface area contributed by atoms with E-state index in [1.165, 1.54) is 64.7 Å². The number of piperazine rings is 3. The Morgan fingerprint density at radius 3 is 1.87 bits per heavy atom. The number of sulfonamides is 3. The fourth-order valence-corrected chi connectivity index (χ4v) is 18.1. The maximum atomic E-state index is 13.7. The second kappa shape index (κ2) is 32.4. The Kier molecular flexibility index (Phi) is 22.7. The molecule has 5 aromatic heterocycles. The summed E-state index contributed by atoms with van der Waals surface area (Å²) in [6, 6.07) is 40.4. The topological polar surface area (TPSA) is 304 Å². The minimum atomic E-state index is -3.78. The molecule has 4 aliphatic rings. The van der Waals surface area contributed by atoms with Crippen molar-refractivity contribution in [3.05, 3.63) is 209 Å². The molecule has 4 aliphatic heterocycles. The van der Waals surface area contributed by atoms with Gasteiger partial charge in [0.15, 0.2) is 5.13 Å². The predicted octanol–water partition coefficient (Wildman–Crippen LogP) is 11.0. The smallest absolute Gasteiger partial charge is 0.263 e. The maximum absolute atomic E-state index is 13.7. The van der Waals surface area contributed by atoms with E-state index in [1.807, 2.05) is 87.6 Å². The predicted molar refractivity (Wildman–Crippen MR) is 421 cm³/mol. The third-order valence-electron chi connectivity index (χ3n) is 18.8. The first-order chi connectivity index (χ1) is 51.4. The van der Waals surface area contributed by atoms with Crippen LogP contribution in [-0.4, -0.2) is 182 Å². The number of benzene rings is 6. The van der Waals surface area contributed by atoms with E-state index in [1.54, 1.807) is 89.1 Å². The Morgan fingerprint density at radius 1 is 0.607 bits per heavy atom. The molecule has 3 N–H and O–H groups in total. The molecule has 3 fully saturated rings. The molecular weight excluding hydrogens is 1510 g/mol. The average molecular weight is 1590 g/mol. The summed E-state index contributed by atoms with van der Waals surface area (Å²) in [5.41, 5.74) is 7.56. The molecule has 0 bridgehead atoms. The van der Waals surface area contributed by atoms with Gasteiger partial charge in [0.05, 0.1) is 14.7 Å². The zero-order valence-electron chi connectivity index (χ0n) is 57.7. The lowest BCUT2D eigenvalue weighted by Gasteiger charge is -2.41. The third kappa shape index (κ3) is 17.7. The van der Waals surface area contributed by atoms with E-state index in [-0.39, 0.29) is 97.6 Å². The number of hydrogen-bond donors (Lipinski definition) is 3. The van der Waals surface area contributed by atoms with E-state index < -0.39 is 30.1 Å². The molecular formula is C72H80Cl2FN17O10S5. The van der Waals surface area contributed by atoms with Crippen molar-refractivity contribution in [2.24, 2.45) is 0 Å². The van der Waals surface area contributed by atoms with Gasteiger partial charge >= 0.3 is 0 Å². The fourth-order valence-electron chi connectivity index (χ4n) is 13.3. The number of nitrogens with zero attached hydrogens (tertiary/aromatic N) is 14. The molecule has 0 unspecified atom stereocenters. The number of rotatable bonds is 18. The van der Waals surface area contributed by atoms with Gasteiger partial charge in [-0.3, -0.25) is 33.3 Å². The number of halogens is 3. The van der Waals surface area contributed by atoms with Crippen LogP contribution in [0.15, 0.2) is 202 Å². The van der Waals surface area contributed by atoms with Gasteiger partial charge in [-0.15, -0.1) is 21.5 Å². The zero-order valence-corrected chi connectivity index (χ0v) is 63.3. The van der Waals surface area contributed by atoms with E-state index in [2.05, 4.69) is 54.0 Å². The van der Waals surface area contributed by atoms with E-state index in [0.29, 0.717) is 74.6 Å². The maximum Gasteiger partial charge on any atom is 0.263 e. The second-order valence-electron chi connectivity index (χ2n) is 25.6. The molecule has 15 rings (SSSR count). The molecule has 0 spiro atoms. The van der Waals surface area contributed by atoms with Gasteiger partial charge in [0.1, 0.15) is 49.1 Å². The number of aryl methyl sites for hydroxylation is 1. The van der Waals surface area contributed by atoms with Crippen molar-refractivity contribution in [1.29, 1.82) is 0 Å². The van der Waals surface area contributed by atoms with Crippen LogP contribution in [0.25, 0.3) is 21.8 Å². The molecule has 35 heteroatoms. The van der Waals surface area contributed by atoms with Gasteiger partial charge in [0.25, 0.3) is 30.1 Å². The van der Waals surface area contributed by atoms with Crippen LogP contribution in [0.3, 0.4) is 0 Å². The Hall–Kier alpha value is -10.3. The number of hydrogen-bond acceptors (Lipinski definition) is 20. The van der Waals surface area contributed by atoms with Crippen LogP contribution in [0.2, 0.25) is 10.0 Å². The van der Waals surface area contributed by atoms with Crippen molar-refractivity contribution in [1.82, 2.24) is 49.0 Å². The van der Waals surface area contributed by atoms with Crippen molar-refractivity contribution in [3.8, 4) is 0 Å². The quantitative estimate of drug-likeness (QED) is 0.0719. The first kappa shape index (κ1) is 75.0. The van der Waals surface area contributed by atoms with E-state index in [4.69, 9.17) is 23.2 Å². The molecule has 3 saturated heterocycles. The second-order valence-corrected chi connectivity index (χ2v) is 33.2. The van der Waals surface area contributed by atoms with Gasteiger partial charge in [-0.1, -0.05) is 40.6 Å². The van der Waals surface area contributed by atoms with Gasteiger partial charge in [-0.2, -0.15) is 0 Å². The SMILES string of the molecule is C[C@H](C(=O)N1CCN(c2ccc(S(=O)(=O)Nc3nncs3)cc2)CC1)N1CCCc2cc(F)ccc21.C[C@H]1CN(c2ccc(S(=O)(=O)Nc3ccncn3)cc2)CCN1C(=O)Cn1ccc2ccc(Cl)cc21.O=C(Cn1ccc2cc(Cl)ccc21)N1CCN(c2ccc(S(=O)(=O)Nc3nccs3)cc2)C(=O)C1.[HH].[HH].[HH].[HH]. The standard InChI is InChI=1S/C25H25ClN6O3S.C24H27FN6O3S2.C23H20ClN5O4S2.4H2/c1-18-15-30(21-4-6-22(7-5-21)36(34,35)29-24-8-10-27-17-28-24)12-13-32(18)25(33)16-31-11-9-19-2-3-20(26)14-23(19)31;1-17(31-10-2-3-18-15-19(25)4-9-22(18)31)23(32)30-13-11-29(12-14-30)20-5-7-21(8-6-20)36(33,34)28-24-27-26-16-35-24;24-17-1-6-20-16(13-17)7-9-27(20)14-21(30)28-10-11-29(22(31)15-28)18-2-4-19(5-3-18)35(32,33)26-23-25-8-12-34-23;;;;/h2-11,14,17-18H,12-13,15-16H2,1H3,(H,27,28,29);4-9,15-17H,2-3,10-14H2,1H3,(H,27,28);1-9,12-13H,10-11,14-15H2,(H,25,26);4*1H/t18-;17-;;;;;/m01...../s1. The van der Waals surface area contributed by atoms with E-state index in [9.17, 15) is 48.8 Å². The summed E-state index contributed by atoms with van der Waals surface area (Å²) < 4.78 is 100. The molecule has 9 heterocycles. The highest BCUT2D eigenvalue weighted by Crippen LogP contribution is 2.33. The number of aromatic nitrogens is 7. The highest BCUT2D eigenvalue weighted by molar-refractivity contribution is 7.93. The van der Waals surface area contributed by atoms with Crippen LogP contribution in [0.1, 0.15) is 31.5 Å². The zero-order chi connectivity index (χ0) is 75.2. The highest BCUT2D eigenvalue weighted by atomic mass is 35.5. The summed E-state index contributed by atoms with van der Waals surface area (Å²) in [5, 5.41) is 12.8. The van der Waals surface area contributed by atoms with Crippen LogP contribution >= 0.6 is 45.9 Å². The minimum Gasteiger partial charge on any atom is -0.368 e. The van der Waals surface area contributed by atoms with Gasteiger partial charge in [-0.25, -0.2) is 44.6 Å². The van der Waals surface area contributed by atoms with Crippen LogP contribution in [-0.2, 0) is 68.8 Å². The molecule has 6 aromatic carbocycles. The van der Waals surface area contributed by atoms with Crippen molar-refractivity contribution >= 4 is 160 Å². The van der Waals surface area contributed by atoms with E-state index >= 15 is 0 Å². The Labute approximate surface area is 640 Å². The van der Waals surface area contributed by atoms with Gasteiger partial charge < -0.3 is 43.4 Å². The monoisotopic (exact) mass is 1590 g/mol. The molecule has 2 atom stereocenters. The lowest BCUT2D eigenvalue weighted by Crippen LogP contribution is -2.55. The van der Waals surface area contributed by atoms with Crippen LogP contribution in [0.5, 0.6) is 0 Å². The first-order valence-electron chi connectivity index (χ1n) is 33.9. The van der Waals surface area contributed by atoms with Gasteiger partial charge in [0.2, 0.25) is 28.8 Å². The highest BCUT2D eigenvalue weighted by Gasteiger charge is 2.34. The largest absolute Gasteiger partial charge is 0.368 e. The van der Waals surface area contributed by atoms with Crippen molar-refractivity contribution in [2.75, 3.05) is 106 Å². The summed E-state index contributed by atoms with van der Waals surface area (Å²) in [7, 11) is -11.3. The number of thiazole rings is 1. The number of carbonyl (C=O) groups is 4. The number of amides is 4. The summed E-state index contributed by atoms with van der Waals surface area (Å²) in [5.74, 6) is -0.303. The van der Waals surface area contributed by atoms with Crippen molar-refractivity contribution < 1.29 is 54.5 Å². The molecule has 11 aromatic rings. The Morgan fingerprint density at radius 2 is 1.22 bits per heavy atom. The molecule has 27 nitrogen and oxygen atoms in total. The third-order valence-corrected chi connectivity index (χ3v) is 24.9. The summed E-state index contributed by atoms with van der Waals surface area (Å²) in [6.45, 7) is 10.1. The molecule has 0 saturated carbocycles. The molecule has 4 amide bonds. The van der Waals surface area contributed by atoms with Crippen LogP contribution < -0.4 is 33.8 Å². The summed E-state index contributed by atoms with van der Waals surface area (Å²) >= 11 is 14.5. The minimum absolute atomic E-state index is 0. The molecule has 0 aliphatic carbocycles. The van der Waals surface area contributed by atoms with Crippen molar-refractivity contribution in [3.63, 3.8) is 0 Å². The number of nitrogens with one attached hydrogen (secondary N) is 3. The summed E-state index contributed by atoms with van der Waals surface area (Å²) in [4.78, 5) is 77.4. The Bertz CT molecular complexity index is 5400. The lowest BCUT2D eigenvalue weighted by molar-refractivity contribution is -0.137. The molecule has 107 heavy (non-hydrogen) atoms. The van der Waals surface area contributed by atoms with Gasteiger partial charge in [-0.05, 0) is 177 Å². The molecule has 564 valence electrons. The summed E-state index contributed by atoms with van der Waals surface area (Å²) in [6.07, 6.45) is 9.72. The normalized spacial score (nSPS) is 16.0. The number of anilines is 7. The Balaban J connectivity index is 0.000000188. The first-order valence-corrected chi connectivity index (χ1v) is 40.9. The lowest BCUT2D eigenvalue weighted by atomic mass is 9.99. The molecule has 0 radical (unpaired) electrons. The number of carbonyl (C=O) groups excluding carboxylic acids is 4.